The topological polar surface area (TPSA) is 52.7 Å². The molecule has 0 saturated carbocycles. The summed E-state index contributed by atoms with van der Waals surface area (Å²) in [6, 6.07) is 6.06. The SMILES string of the molecule is CCC1CN(c2ccc3c(c2)C(=O)N(C)C3=O)CCN1. The molecule has 1 N–H and O–H groups in total. The van der Waals surface area contributed by atoms with Crippen LogP contribution in [0.3, 0.4) is 0 Å². The summed E-state index contributed by atoms with van der Waals surface area (Å²) in [6.07, 6.45) is 1.08. The molecule has 20 heavy (non-hydrogen) atoms. The van der Waals surface area contributed by atoms with Gasteiger partial charge in [-0.25, -0.2) is 0 Å². The standard InChI is InChI=1S/C15H19N3O2/c1-3-10-9-18(7-6-16-10)11-4-5-12-13(8-11)15(20)17(2)14(12)19/h4-5,8,10,16H,3,6-7,9H2,1-2H3. The molecule has 0 radical (unpaired) electrons. The van der Waals surface area contributed by atoms with Gasteiger partial charge in [0.15, 0.2) is 0 Å². The van der Waals surface area contributed by atoms with Gasteiger partial charge < -0.3 is 10.2 Å². The van der Waals surface area contributed by atoms with Crippen LogP contribution in [-0.4, -0.2) is 49.4 Å². The average Bonchev–Trinajstić information content (AvgIpc) is 2.72. The second kappa shape index (κ2) is 4.90. The summed E-state index contributed by atoms with van der Waals surface area (Å²) in [7, 11) is 1.53. The van der Waals surface area contributed by atoms with Crippen LogP contribution in [0.4, 0.5) is 5.69 Å². The van der Waals surface area contributed by atoms with Gasteiger partial charge in [-0.1, -0.05) is 6.92 Å². The maximum absolute atomic E-state index is 12.0. The molecule has 0 bridgehead atoms. The molecule has 0 aliphatic carbocycles. The van der Waals surface area contributed by atoms with E-state index in [1.165, 1.54) is 11.9 Å². The Balaban J connectivity index is 1.90. The van der Waals surface area contributed by atoms with E-state index in [0.717, 1.165) is 31.7 Å². The Morgan fingerprint density at radius 2 is 2.00 bits per heavy atom. The second-order valence-electron chi connectivity index (χ2n) is 5.40. The van der Waals surface area contributed by atoms with E-state index in [-0.39, 0.29) is 11.8 Å². The number of rotatable bonds is 2. The molecular weight excluding hydrogens is 254 g/mol. The van der Waals surface area contributed by atoms with E-state index < -0.39 is 0 Å². The summed E-state index contributed by atoms with van der Waals surface area (Å²) in [5.74, 6) is -0.405. The van der Waals surface area contributed by atoms with Crippen LogP contribution in [0.15, 0.2) is 18.2 Å². The van der Waals surface area contributed by atoms with Gasteiger partial charge in [-0.05, 0) is 24.6 Å². The minimum atomic E-state index is -0.205. The molecule has 1 aromatic carbocycles. The lowest BCUT2D eigenvalue weighted by Crippen LogP contribution is -2.50. The first-order valence-electron chi connectivity index (χ1n) is 7.06. The first-order valence-corrected chi connectivity index (χ1v) is 7.06. The summed E-state index contributed by atoms with van der Waals surface area (Å²) in [5.41, 5.74) is 2.07. The molecule has 5 nitrogen and oxygen atoms in total. The van der Waals surface area contributed by atoms with Gasteiger partial charge in [0.25, 0.3) is 11.8 Å². The number of nitrogens with zero attached hydrogens (tertiary/aromatic N) is 2. The van der Waals surface area contributed by atoms with Crippen molar-refractivity contribution >= 4 is 17.5 Å². The lowest BCUT2D eigenvalue weighted by atomic mass is 10.1. The lowest BCUT2D eigenvalue weighted by molar-refractivity contribution is 0.0693. The smallest absolute Gasteiger partial charge is 0.261 e. The Bertz CT molecular complexity index is 570. The van der Waals surface area contributed by atoms with Gasteiger partial charge in [0.2, 0.25) is 0 Å². The number of hydrogen-bond acceptors (Lipinski definition) is 4. The van der Waals surface area contributed by atoms with Crippen molar-refractivity contribution in [3.8, 4) is 0 Å². The van der Waals surface area contributed by atoms with Crippen molar-refractivity contribution < 1.29 is 9.59 Å². The summed E-state index contributed by atoms with van der Waals surface area (Å²) >= 11 is 0. The molecule has 0 aromatic heterocycles. The van der Waals surface area contributed by atoms with Crippen LogP contribution in [0.2, 0.25) is 0 Å². The predicted molar refractivity (Wildman–Crippen MR) is 77.2 cm³/mol. The molecule has 1 saturated heterocycles. The zero-order valence-corrected chi connectivity index (χ0v) is 11.8. The van der Waals surface area contributed by atoms with Crippen LogP contribution in [0.25, 0.3) is 0 Å². The largest absolute Gasteiger partial charge is 0.369 e. The number of carbonyl (C=O) groups excluding carboxylic acids is 2. The molecular formula is C15H19N3O2. The zero-order valence-electron chi connectivity index (χ0n) is 11.8. The minimum absolute atomic E-state index is 0.200. The van der Waals surface area contributed by atoms with E-state index in [0.29, 0.717) is 17.2 Å². The number of amides is 2. The highest BCUT2D eigenvalue weighted by atomic mass is 16.2. The molecule has 106 valence electrons. The molecule has 1 atom stereocenters. The van der Waals surface area contributed by atoms with Gasteiger partial charge in [-0.2, -0.15) is 0 Å². The Kier molecular flexibility index (Phi) is 3.22. The van der Waals surface area contributed by atoms with Gasteiger partial charge in [-0.15, -0.1) is 0 Å². The van der Waals surface area contributed by atoms with E-state index in [2.05, 4.69) is 17.1 Å². The van der Waals surface area contributed by atoms with E-state index in [1.807, 2.05) is 12.1 Å². The van der Waals surface area contributed by atoms with E-state index in [4.69, 9.17) is 0 Å². The molecule has 5 heteroatoms. The van der Waals surface area contributed by atoms with Crippen molar-refractivity contribution in [1.82, 2.24) is 10.2 Å². The van der Waals surface area contributed by atoms with Gasteiger partial charge >= 0.3 is 0 Å². The Hall–Kier alpha value is -1.88. The summed E-state index contributed by atoms with van der Waals surface area (Å²) < 4.78 is 0. The minimum Gasteiger partial charge on any atom is -0.369 e. The second-order valence-corrected chi connectivity index (χ2v) is 5.40. The van der Waals surface area contributed by atoms with E-state index in [1.54, 1.807) is 6.07 Å². The Morgan fingerprint density at radius 3 is 2.75 bits per heavy atom. The van der Waals surface area contributed by atoms with Gasteiger partial charge in [-0.3, -0.25) is 14.5 Å². The fourth-order valence-electron chi connectivity index (χ4n) is 2.88. The molecule has 2 aliphatic rings. The van der Waals surface area contributed by atoms with Crippen LogP contribution in [0, 0.1) is 0 Å². The molecule has 2 heterocycles. The number of anilines is 1. The number of piperazine rings is 1. The lowest BCUT2D eigenvalue weighted by Gasteiger charge is -2.35. The summed E-state index contributed by atoms with van der Waals surface area (Å²) in [5, 5.41) is 3.47. The van der Waals surface area contributed by atoms with Crippen molar-refractivity contribution in [2.45, 2.75) is 19.4 Å². The summed E-state index contributed by atoms with van der Waals surface area (Å²) in [6.45, 7) is 4.98. The molecule has 2 aliphatic heterocycles. The number of carbonyl (C=O) groups is 2. The van der Waals surface area contributed by atoms with Gasteiger partial charge in [0.05, 0.1) is 11.1 Å². The Morgan fingerprint density at radius 1 is 1.25 bits per heavy atom. The number of imide groups is 1. The average molecular weight is 273 g/mol. The van der Waals surface area contributed by atoms with Crippen LogP contribution in [-0.2, 0) is 0 Å². The molecule has 1 unspecified atom stereocenters. The van der Waals surface area contributed by atoms with Crippen LogP contribution >= 0.6 is 0 Å². The molecule has 1 fully saturated rings. The third-order valence-corrected chi connectivity index (χ3v) is 4.19. The van der Waals surface area contributed by atoms with Crippen molar-refractivity contribution in [3.63, 3.8) is 0 Å². The van der Waals surface area contributed by atoms with Crippen molar-refractivity contribution in [2.24, 2.45) is 0 Å². The number of nitrogens with one attached hydrogen (secondary N) is 1. The van der Waals surface area contributed by atoms with Gasteiger partial charge in [0.1, 0.15) is 0 Å². The third-order valence-electron chi connectivity index (χ3n) is 4.19. The molecule has 0 spiro atoms. The quantitative estimate of drug-likeness (QED) is 0.820. The van der Waals surface area contributed by atoms with E-state index in [9.17, 15) is 9.59 Å². The van der Waals surface area contributed by atoms with Crippen molar-refractivity contribution in [2.75, 3.05) is 31.6 Å². The maximum Gasteiger partial charge on any atom is 0.261 e. The first kappa shape index (κ1) is 13.1. The zero-order chi connectivity index (χ0) is 14.3. The first-order chi connectivity index (χ1) is 9.61. The highest BCUT2D eigenvalue weighted by Gasteiger charge is 2.33. The molecule has 2 amide bonds. The third kappa shape index (κ3) is 1.98. The van der Waals surface area contributed by atoms with Crippen LogP contribution in [0.1, 0.15) is 34.1 Å². The fourth-order valence-corrected chi connectivity index (χ4v) is 2.88. The van der Waals surface area contributed by atoms with Crippen LogP contribution in [0.5, 0.6) is 0 Å². The predicted octanol–water partition coefficient (Wildman–Crippen LogP) is 1.10. The number of fused-ring (bicyclic) bond motifs is 1. The van der Waals surface area contributed by atoms with E-state index >= 15 is 0 Å². The maximum atomic E-state index is 12.0. The highest BCUT2D eigenvalue weighted by molar-refractivity contribution is 6.21. The van der Waals surface area contributed by atoms with Crippen LogP contribution < -0.4 is 10.2 Å². The van der Waals surface area contributed by atoms with Gasteiger partial charge in [0, 0.05) is 38.4 Å². The number of hydrogen-bond donors (Lipinski definition) is 1. The normalized spacial score (nSPS) is 22.4. The monoisotopic (exact) mass is 273 g/mol. The van der Waals surface area contributed by atoms with Crippen molar-refractivity contribution in [1.29, 1.82) is 0 Å². The number of benzene rings is 1. The highest BCUT2D eigenvalue weighted by Crippen LogP contribution is 2.27. The van der Waals surface area contributed by atoms with Crippen molar-refractivity contribution in [3.05, 3.63) is 29.3 Å². The molecule has 1 aromatic rings. The Labute approximate surface area is 118 Å². The summed E-state index contributed by atoms with van der Waals surface area (Å²) in [4.78, 5) is 27.4. The fraction of sp³-hybridized carbons (Fsp3) is 0.467. The molecule has 3 rings (SSSR count).